The zero-order valence-corrected chi connectivity index (χ0v) is 17.8. The second-order valence-electron chi connectivity index (χ2n) is 6.16. The Morgan fingerprint density at radius 3 is 2.46 bits per heavy atom. The highest BCUT2D eigenvalue weighted by Crippen LogP contribution is 2.31. The number of benzene rings is 2. The van der Waals surface area contributed by atoms with Gasteiger partial charge in [0.2, 0.25) is 10.0 Å². The van der Waals surface area contributed by atoms with Crippen molar-refractivity contribution in [2.24, 2.45) is 0 Å². The molecule has 0 atom stereocenters. The Kier molecular flexibility index (Phi) is 7.06. The molecule has 0 spiro atoms. The fraction of sp³-hybridized carbons (Fsp3) is 0.368. The van der Waals surface area contributed by atoms with Crippen molar-refractivity contribution in [3.63, 3.8) is 0 Å². The molecule has 0 radical (unpaired) electrons. The lowest BCUT2D eigenvalue weighted by molar-refractivity contribution is 0.0730. The van der Waals surface area contributed by atoms with E-state index in [4.69, 9.17) is 32.7 Å². The number of sulfonamides is 1. The number of halogens is 2. The molecule has 28 heavy (non-hydrogen) atoms. The monoisotopic (exact) mass is 444 g/mol. The van der Waals surface area contributed by atoms with E-state index in [-0.39, 0.29) is 4.90 Å². The molecule has 1 heterocycles. The van der Waals surface area contributed by atoms with E-state index in [9.17, 15) is 8.42 Å². The summed E-state index contributed by atoms with van der Waals surface area (Å²) in [5.74, 6) is 0.562. The number of nitrogens with one attached hydrogen (secondary N) is 1. The van der Waals surface area contributed by atoms with E-state index in [0.29, 0.717) is 60.9 Å². The summed E-state index contributed by atoms with van der Waals surface area (Å²) in [7, 11) is -3.61. The van der Waals surface area contributed by atoms with Gasteiger partial charge >= 0.3 is 0 Å². The second kappa shape index (κ2) is 9.33. The van der Waals surface area contributed by atoms with E-state index in [1.54, 1.807) is 36.4 Å². The third-order valence-corrected chi connectivity index (χ3v) is 6.98. The SMILES string of the molecule is CCOc1ccc(S(=O)(=O)N2CCOCC2)cc1NCc1c(Cl)cccc1Cl. The maximum absolute atomic E-state index is 13.0. The van der Waals surface area contributed by atoms with Crippen molar-refractivity contribution >= 4 is 38.9 Å². The fourth-order valence-corrected chi connectivity index (χ4v) is 4.88. The van der Waals surface area contributed by atoms with Crippen molar-refractivity contribution < 1.29 is 17.9 Å². The van der Waals surface area contributed by atoms with Crippen molar-refractivity contribution in [2.75, 3.05) is 38.2 Å². The average molecular weight is 445 g/mol. The summed E-state index contributed by atoms with van der Waals surface area (Å²) in [6, 6.07) is 10.1. The van der Waals surface area contributed by atoms with Crippen LogP contribution in [0.2, 0.25) is 10.0 Å². The minimum atomic E-state index is -3.61. The van der Waals surface area contributed by atoms with Crippen LogP contribution in [0, 0.1) is 0 Å². The highest BCUT2D eigenvalue weighted by molar-refractivity contribution is 7.89. The fourth-order valence-electron chi connectivity index (χ4n) is 2.91. The van der Waals surface area contributed by atoms with Gasteiger partial charge in [-0.1, -0.05) is 29.3 Å². The van der Waals surface area contributed by atoms with Gasteiger partial charge in [-0.3, -0.25) is 0 Å². The van der Waals surface area contributed by atoms with Crippen LogP contribution in [0.3, 0.4) is 0 Å². The zero-order valence-electron chi connectivity index (χ0n) is 15.5. The topological polar surface area (TPSA) is 67.9 Å². The molecule has 152 valence electrons. The van der Waals surface area contributed by atoms with Gasteiger partial charge in [0.15, 0.2) is 0 Å². The molecule has 0 amide bonds. The summed E-state index contributed by atoms with van der Waals surface area (Å²) in [5.41, 5.74) is 1.29. The van der Waals surface area contributed by atoms with Crippen molar-refractivity contribution in [3.8, 4) is 5.75 Å². The van der Waals surface area contributed by atoms with Crippen LogP contribution in [0.5, 0.6) is 5.75 Å². The van der Waals surface area contributed by atoms with Gasteiger partial charge in [0.25, 0.3) is 0 Å². The minimum absolute atomic E-state index is 0.200. The lowest BCUT2D eigenvalue weighted by Gasteiger charge is -2.26. The molecule has 1 fully saturated rings. The number of ether oxygens (including phenoxy) is 2. The standard InChI is InChI=1S/C19H22Cl2N2O4S/c1-2-27-19-7-6-14(28(24,25)23-8-10-26-11-9-23)12-18(19)22-13-15-16(20)4-3-5-17(15)21/h3-7,12,22H,2,8-11,13H2,1H3. The van der Waals surface area contributed by atoms with Gasteiger partial charge in [0, 0.05) is 35.2 Å². The van der Waals surface area contributed by atoms with Crippen LogP contribution >= 0.6 is 23.2 Å². The third-order valence-electron chi connectivity index (χ3n) is 4.38. The minimum Gasteiger partial charge on any atom is -0.492 e. The first-order chi connectivity index (χ1) is 13.4. The Bertz CT molecular complexity index is 911. The first kappa shape index (κ1) is 21.2. The van der Waals surface area contributed by atoms with Gasteiger partial charge in [-0.25, -0.2) is 8.42 Å². The normalized spacial score (nSPS) is 15.4. The van der Waals surface area contributed by atoms with Crippen LogP contribution in [0.4, 0.5) is 5.69 Å². The summed E-state index contributed by atoms with van der Waals surface area (Å²) in [4.78, 5) is 0.200. The molecule has 2 aromatic rings. The maximum atomic E-state index is 13.0. The lowest BCUT2D eigenvalue weighted by atomic mass is 10.2. The molecule has 0 bridgehead atoms. The number of hydrogen-bond donors (Lipinski definition) is 1. The molecule has 0 aliphatic carbocycles. The molecule has 0 unspecified atom stereocenters. The van der Waals surface area contributed by atoms with Gasteiger partial charge in [-0.2, -0.15) is 4.31 Å². The Labute approximate surface area is 175 Å². The van der Waals surface area contributed by atoms with E-state index in [2.05, 4.69) is 5.32 Å². The van der Waals surface area contributed by atoms with Crippen LogP contribution in [0.25, 0.3) is 0 Å². The van der Waals surface area contributed by atoms with E-state index in [1.165, 1.54) is 4.31 Å². The van der Waals surface area contributed by atoms with Crippen LogP contribution in [-0.4, -0.2) is 45.6 Å². The number of anilines is 1. The Morgan fingerprint density at radius 2 is 1.82 bits per heavy atom. The molecule has 9 heteroatoms. The smallest absolute Gasteiger partial charge is 0.243 e. The van der Waals surface area contributed by atoms with Crippen LogP contribution < -0.4 is 10.1 Å². The van der Waals surface area contributed by atoms with Crippen molar-refractivity contribution in [1.82, 2.24) is 4.31 Å². The predicted octanol–water partition coefficient (Wildman–Crippen LogP) is 4.03. The summed E-state index contributed by atoms with van der Waals surface area (Å²) in [6.07, 6.45) is 0. The molecule has 0 saturated carbocycles. The average Bonchev–Trinajstić information content (AvgIpc) is 2.69. The van der Waals surface area contributed by atoms with Gasteiger partial charge in [0.05, 0.1) is 30.4 Å². The van der Waals surface area contributed by atoms with Crippen LogP contribution in [-0.2, 0) is 21.3 Å². The van der Waals surface area contributed by atoms with Crippen molar-refractivity contribution in [3.05, 3.63) is 52.0 Å². The third kappa shape index (κ3) is 4.72. The van der Waals surface area contributed by atoms with E-state index in [0.717, 1.165) is 5.56 Å². The molecule has 3 rings (SSSR count). The van der Waals surface area contributed by atoms with Crippen molar-refractivity contribution in [2.45, 2.75) is 18.4 Å². The van der Waals surface area contributed by atoms with E-state index >= 15 is 0 Å². The summed E-state index contributed by atoms with van der Waals surface area (Å²) >= 11 is 12.5. The Hall–Kier alpha value is -1.51. The molecular weight excluding hydrogens is 423 g/mol. The molecule has 1 aliphatic rings. The van der Waals surface area contributed by atoms with E-state index < -0.39 is 10.0 Å². The van der Waals surface area contributed by atoms with Gasteiger partial charge < -0.3 is 14.8 Å². The summed E-state index contributed by atoms with van der Waals surface area (Å²) in [6.45, 7) is 4.13. The molecule has 1 N–H and O–H groups in total. The summed E-state index contributed by atoms with van der Waals surface area (Å²) < 4.78 is 38.2. The maximum Gasteiger partial charge on any atom is 0.243 e. The first-order valence-electron chi connectivity index (χ1n) is 8.95. The highest BCUT2D eigenvalue weighted by Gasteiger charge is 2.27. The lowest BCUT2D eigenvalue weighted by Crippen LogP contribution is -2.40. The van der Waals surface area contributed by atoms with Crippen LogP contribution in [0.1, 0.15) is 12.5 Å². The largest absolute Gasteiger partial charge is 0.492 e. The first-order valence-corrected chi connectivity index (χ1v) is 11.1. The van der Waals surface area contributed by atoms with Gasteiger partial charge in [-0.05, 0) is 37.3 Å². The number of nitrogens with zero attached hydrogens (tertiary/aromatic N) is 1. The van der Waals surface area contributed by atoms with Gasteiger partial charge in [-0.15, -0.1) is 0 Å². The molecular formula is C19H22Cl2N2O4S. The number of hydrogen-bond acceptors (Lipinski definition) is 5. The predicted molar refractivity (Wildman–Crippen MR) is 111 cm³/mol. The molecule has 2 aromatic carbocycles. The number of morpholine rings is 1. The van der Waals surface area contributed by atoms with E-state index in [1.807, 2.05) is 6.92 Å². The van der Waals surface area contributed by atoms with Crippen LogP contribution in [0.15, 0.2) is 41.3 Å². The Morgan fingerprint density at radius 1 is 1.14 bits per heavy atom. The molecule has 1 aliphatic heterocycles. The van der Waals surface area contributed by atoms with Gasteiger partial charge in [0.1, 0.15) is 5.75 Å². The zero-order chi connectivity index (χ0) is 20.1. The second-order valence-corrected chi connectivity index (χ2v) is 8.91. The molecule has 1 saturated heterocycles. The quantitative estimate of drug-likeness (QED) is 0.697. The number of rotatable bonds is 7. The summed E-state index contributed by atoms with van der Waals surface area (Å²) in [5, 5.41) is 4.28. The van der Waals surface area contributed by atoms with Crippen molar-refractivity contribution in [1.29, 1.82) is 0 Å². The Balaban J connectivity index is 1.89. The molecule has 0 aromatic heterocycles. The highest BCUT2D eigenvalue weighted by atomic mass is 35.5. The molecule has 6 nitrogen and oxygen atoms in total.